The topological polar surface area (TPSA) is 21.3 Å². The van der Waals surface area contributed by atoms with Gasteiger partial charge in [0.15, 0.2) is 0 Å². The summed E-state index contributed by atoms with van der Waals surface area (Å²) in [7, 11) is 1.70. The summed E-state index contributed by atoms with van der Waals surface area (Å²) in [6.07, 6.45) is 5.88. The predicted molar refractivity (Wildman–Crippen MR) is 47.4 cm³/mol. The highest BCUT2D eigenvalue weighted by Crippen LogP contribution is 2.00. The summed E-state index contributed by atoms with van der Waals surface area (Å²) in [6.45, 7) is 5.74. The van der Waals surface area contributed by atoms with E-state index in [2.05, 4.69) is 25.1 Å². The average molecular weight is 155 g/mol. The summed E-state index contributed by atoms with van der Waals surface area (Å²) in [4.78, 5) is 0. The molecule has 64 valence electrons. The number of ether oxygens (including phenoxy) is 1. The smallest absolute Gasteiger partial charge is 0.0639 e. The lowest BCUT2D eigenvalue weighted by Crippen LogP contribution is -2.43. The molecule has 0 radical (unpaired) electrons. The van der Waals surface area contributed by atoms with E-state index >= 15 is 0 Å². The van der Waals surface area contributed by atoms with Crippen molar-refractivity contribution in [2.24, 2.45) is 0 Å². The van der Waals surface area contributed by atoms with Gasteiger partial charge in [0.25, 0.3) is 0 Å². The van der Waals surface area contributed by atoms with Crippen molar-refractivity contribution in [1.82, 2.24) is 5.32 Å². The molecular formula is C9H17NO. The van der Waals surface area contributed by atoms with Crippen LogP contribution >= 0.6 is 0 Å². The van der Waals surface area contributed by atoms with Gasteiger partial charge >= 0.3 is 0 Å². The predicted octanol–water partition coefficient (Wildman–Crippen LogP) is 1.02. The van der Waals surface area contributed by atoms with Crippen LogP contribution in [0.1, 0.15) is 20.3 Å². The molecule has 0 aliphatic heterocycles. The van der Waals surface area contributed by atoms with Gasteiger partial charge in [0, 0.05) is 25.6 Å². The van der Waals surface area contributed by atoms with Gasteiger partial charge in [-0.3, -0.25) is 0 Å². The monoisotopic (exact) mass is 155 g/mol. The van der Waals surface area contributed by atoms with Gasteiger partial charge in [0.05, 0.1) is 6.61 Å². The lowest BCUT2D eigenvalue weighted by Gasteiger charge is -2.24. The first-order valence-corrected chi connectivity index (χ1v) is 3.80. The van der Waals surface area contributed by atoms with E-state index in [9.17, 15) is 0 Å². The highest BCUT2D eigenvalue weighted by molar-refractivity contribution is 4.86. The van der Waals surface area contributed by atoms with E-state index in [0.29, 0.717) is 6.61 Å². The fourth-order valence-electron chi connectivity index (χ4n) is 0.885. The maximum Gasteiger partial charge on any atom is 0.0639 e. The average Bonchev–Trinajstić information content (AvgIpc) is 1.87. The Morgan fingerprint density at radius 2 is 2.18 bits per heavy atom. The highest BCUT2D eigenvalue weighted by Gasteiger charge is 2.14. The van der Waals surface area contributed by atoms with Crippen molar-refractivity contribution >= 4 is 0 Å². The second kappa shape index (κ2) is 5.17. The number of methoxy groups -OCH3 is 1. The van der Waals surface area contributed by atoms with Crippen molar-refractivity contribution in [3.8, 4) is 12.3 Å². The molecule has 0 unspecified atom stereocenters. The van der Waals surface area contributed by atoms with E-state index in [1.54, 1.807) is 7.11 Å². The summed E-state index contributed by atoms with van der Waals surface area (Å²) < 4.78 is 5.02. The van der Waals surface area contributed by atoms with Crippen LogP contribution in [0.4, 0.5) is 0 Å². The Morgan fingerprint density at radius 3 is 2.64 bits per heavy atom. The van der Waals surface area contributed by atoms with Crippen LogP contribution in [0.5, 0.6) is 0 Å². The molecule has 0 saturated heterocycles. The van der Waals surface area contributed by atoms with Crippen LogP contribution in [0.2, 0.25) is 0 Å². The molecule has 0 saturated carbocycles. The van der Waals surface area contributed by atoms with Crippen molar-refractivity contribution in [2.75, 3.05) is 20.3 Å². The molecule has 0 aromatic heterocycles. The molecule has 0 amide bonds. The van der Waals surface area contributed by atoms with Crippen LogP contribution in [0.15, 0.2) is 0 Å². The van der Waals surface area contributed by atoms with Gasteiger partial charge in [-0.25, -0.2) is 0 Å². The Kier molecular flexibility index (Phi) is 4.93. The van der Waals surface area contributed by atoms with Crippen molar-refractivity contribution in [3.05, 3.63) is 0 Å². The van der Waals surface area contributed by atoms with Gasteiger partial charge in [-0.2, -0.15) is 0 Å². The van der Waals surface area contributed by atoms with E-state index in [4.69, 9.17) is 11.2 Å². The molecular weight excluding hydrogens is 138 g/mol. The third kappa shape index (κ3) is 5.90. The lowest BCUT2D eigenvalue weighted by molar-refractivity contribution is 0.129. The van der Waals surface area contributed by atoms with Gasteiger partial charge in [0.2, 0.25) is 0 Å². The summed E-state index contributed by atoms with van der Waals surface area (Å²) in [5, 5.41) is 3.29. The SMILES string of the molecule is C#CCCNC(C)(C)COC. The second-order valence-corrected chi connectivity index (χ2v) is 3.20. The molecule has 0 bridgehead atoms. The van der Waals surface area contributed by atoms with Crippen LogP contribution < -0.4 is 5.32 Å². The summed E-state index contributed by atoms with van der Waals surface area (Å²) in [6, 6.07) is 0. The summed E-state index contributed by atoms with van der Waals surface area (Å²) >= 11 is 0. The van der Waals surface area contributed by atoms with Crippen molar-refractivity contribution in [3.63, 3.8) is 0 Å². The molecule has 2 nitrogen and oxygen atoms in total. The quantitative estimate of drug-likeness (QED) is 0.473. The third-order valence-corrected chi connectivity index (χ3v) is 1.38. The minimum absolute atomic E-state index is 0.0333. The third-order valence-electron chi connectivity index (χ3n) is 1.38. The molecule has 0 spiro atoms. The van der Waals surface area contributed by atoms with Crippen LogP contribution in [-0.4, -0.2) is 25.8 Å². The molecule has 0 heterocycles. The first kappa shape index (κ1) is 10.5. The van der Waals surface area contributed by atoms with Crippen LogP contribution in [-0.2, 0) is 4.74 Å². The maximum absolute atomic E-state index is 5.11. The minimum atomic E-state index is 0.0333. The Labute approximate surface area is 69.3 Å². The minimum Gasteiger partial charge on any atom is -0.383 e. The molecule has 0 aromatic carbocycles. The Hall–Kier alpha value is -0.520. The summed E-state index contributed by atoms with van der Waals surface area (Å²) in [5.41, 5.74) is 0.0333. The second-order valence-electron chi connectivity index (χ2n) is 3.20. The molecule has 0 fully saturated rings. The van der Waals surface area contributed by atoms with E-state index in [0.717, 1.165) is 13.0 Å². The maximum atomic E-state index is 5.11. The van der Waals surface area contributed by atoms with Gasteiger partial charge in [-0.15, -0.1) is 12.3 Å². The Morgan fingerprint density at radius 1 is 1.55 bits per heavy atom. The molecule has 1 N–H and O–H groups in total. The first-order valence-electron chi connectivity index (χ1n) is 3.80. The van der Waals surface area contributed by atoms with Crippen LogP contribution in [0, 0.1) is 12.3 Å². The Balaban J connectivity index is 3.48. The van der Waals surface area contributed by atoms with E-state index in [1.165, 1.54) is 0 Å². The first-order chi connectivity index (χ1) is 5.12. The van der Waals surface area contributed by atoms with Gasteiger partial charge in [0.1, 0.15) is 0 Å². The molecule has 2 heteroatoms. The number of terminal acetylenes is 1. The van der Waals surface area contributed by atoms with Crippen LogP contribution in [0.3, 0.4) is 0 Å². The fourth-order valence-corrected chi connectivity index (χ4v) is 0.885. The number of rotatable bonds is 5. The van der Waals surface area contributed by atoms with Crippen molar-refractivity contribution in [2.45, 2.75) is 25.8 Å². The number of nitrogens with one attached hydrogen (secondary N) is 1. The molecule has 0 atom stereocenters. The molecule has 0 rings (SSSR count). The highest BCUT2D eigenvalue weighted by atomic mass is 16.5. The zero-order chi connectivity index (χ0) is 8.74. The zero-order valence-corrected chi connectivity index (χ0v) is 7.61. The standard InChI is InChI=1S/C9H17NO/c1-5-6-7-10-9(2,3)8-11-4/h1,10H,6-8H2,2-4H3. The van der Waals surface area contributed by atoms with Gasteiger partial charge in [-0.05, 0) is 13.8 Å². The Bertz CT molecular complexity index is 135. The number of hydrogen-bond donors (Lipinski definition) is 1. The van der Waals surface area contributed by atoms with Gasteiger partial charge < -0.3 is 10.1 Å². The van der Waals surface area contributed by atoms with E-state index in [1.807, 2.05) is 0 Å². The van der Waals surface area contributed by atoms with Gasteiger partial charge in [-0.1, -0.05) is 0 Å². The van der Waals surface area contributed by atoms with E-state index in [-0.39, 0.29) is 5.54 Å². The summed E-state index contributed by atoms with van der Waals surface area (Å²) in [5.74, 6) is 2.58. The number of hydrogen-bond acceptors (Lipinski definition) is 2. The van der Waals surface area contributed by atoms with Crippen LogP contribution in [0.25, 0.3) is 0 Å². The normalized spacial score (nSPS) is 11.1. The molecule has 0 aliphatic carbocycles. The van der Waals surface area contributed by atoms with Crippen molar-refractivity contribution < 1.29 is 4.74 Å². The molecule has 0 aromatic rings. The zero-order valence-electron chi connectivity index (χ0n) is 7.61. The molecule has 0 aliphatic rings. The lowest BCUT2D eigenvalue weighted by atomic mass is 10.1. The largest absolute Gasteiger partial charge is 0.383 e. The van der Waals surface area contributed by atoms with E-state index < -0.39 is 0 Å². The fraction of sp³-hybridized carbons (Fsp3) is 0.778. The van der Waals surface area contributed by atoms with Crippen molar-refractivity contribution in [1.29, 1.82) is 0 Å². The molecule has 11 heavy (non-hydrogen) atoms.